The molecule has 10 nitrogen and oxygen atoms in total. The molecule has 2 aliphatic carbocycles. The molecule has 0 aliphatic heterocycles. The molecule has 2 fully saturated rings. The summed E-state index contributed by atoms with van der Waals surface area (Å²) < 4.78 is 67.4. The van der Waals surface area contributed by atoms with Crippen LogP contribution in [0.15, 0.2) is 211 Å². The van der Waals surface area contributed by atoms with Gasteiger partial charge in [0.2, 0.25) is 0 Å². The minimum absolute atomic E-state index is 0. The van der Waals surface area contributed by atoms with Gasteiger partial charge in [-0.25, -0.2) is 9.59 Å². The minimum atomic E-state index is -3.93. The molecule has 0 saturated heterocycles. The zero-order valence-electron chi connectivity index (χ0n) is 41.1. The Morgan fingerprint density at radius 2 is 0.653 bits per heavy atom. The van der Waals surface area contributed by atoms with E-state index in [1.807, 2.05) is 0 Å². The van der Waals surface area contributed by atoms with E-state index in [1.54, 1.807) is 0 Å². The molecule has 75 heavy (non-hydrogen) atoms. The van der Waals surface area contributed by atoms with Gasteiger partial charge in [0, 0.05) is 8.41 Å². The topological polar surface area (TPSA) is 136 Å². The molecule has 0 heterocycles. The quantitative estimate of drug-likeness (QED) is 0.0181. The Morgan fingerprint density at radius 1 is 0.440 bits per heavy atom. The van der Waals surface area contributed by atoms with Crippen LogP contribution in [-0.2, 0) is 59.6 Å². The number of rotatable bonds is 18. The average Bonchev–Trinajstić information content (AvgIpc) is 3.43. The predicted octanol–water partition coefficient (Wildman–Crippen LogP) is 6.34. The Morgan fingerprint density at radius 3 is 0.853 bits per heavy atom. The van der Waals surface area contributed by atoms with Crippen molar-refractivity contribution in [3.05, 3.63) is 182 Å². The molecule has 8 rings (SSSR count). The van der Waals surface area contributed by atoms with Crippen LogP contribution in [0.3, 0.4) is 0 Å². The van der Waals surface area contributed by atoms with Crippen LogP contribution in [0.25, 0.3) is 0 Å². The van der Waals surface area contributed by atoms with Crippen molar-refractivity contribution in [1.29, 1.82) is 0 Å². The Hall–Kier alpha value is -3.51. The maximum atomic E-state index is 12.9. The summed E-state index contributed by atoms with van der Waals surface area (Å²) in [4.78, 5) is 30.1. The monoisotopic (exact) mass is 1140 g/mol. The number of halogens is 5. The summed E-state index contributed by atoms with van der Waals surface area (Å²) in [5, 5.41) is 16.4. The maximum absolute atomic E-state index is 12.9. The van der Waals surface area contributed by atoms with Gasteiger partial charge in [-0.15, -0.1) is 0 Å². The van der Waals surface area contributed by atoms with Crippen LogP contribution in [0, 0.1) is 11.8 Å². The van der Waals surface area contributed by atoms with Crippen LogP contribution < -0.4 is 52.5 Å². The molecule has 6 aromatic carbocycles. The van der Waals surface area contributed by atoms with Gasteiger partial charge < -0.3 is 32.4 Å². The summed E-state index contributed by atoms with van der Waals surface area (Å²) >= 11 is -1.34. The van der Waals surface area contributed by atoms with Gasteiger partial charge in [0.05, 0.1) is 35.0 Å². The van der Waals surface area contributed by atoms with Crippen molar-refractivity contribution in [3.63, 3.8) is 0 Å². The van der Waals surface area contributed by atoms with Crippen molar-refractivity contribution < 1.29 is 108 Å². The molecule has 0 bridgehead atoms. The van der Waals surface area contributed by atoms with E-state index in [1.165, 1.54) is 29.4 Å². The van der Waals surface area contributed by atoms with Crippen LogP contribution in [0.2, 0.25) is 0 Å². The zero-order valence-corrected chi connectivity index (χ0v) is 47.2. The summed E-state index contributed by atoms with van der Waals surface area (Å²) in [7, 11) is -0.0293. The van der Waals surface area contributed by atoms with Gasteiger partial charge in [-0.1, -0.05) is 148 Å². The summed E-state index contributed by atoms with van der Waals surface area (Å²) in [6.45, 7) is -0.0412. The standard InChI is InChI=1S/2C18H15S.2C9H14F2O5S.B.ClH.Na/c2*1-4-10-16(11-5-1)19(17-12-6-2-7-13-17)18-14-8-3-9-15-18;2*10-9(11,17-16-15-13)8(12)14-6-7-4-2-1-3-5-7;;;/h2*1-15H;2*7,13H,1-6H2;;1H;/q2*+1;;;;;+1/p-3. The van der Waals surface area contributed by atoms with Crippen LogP contribution in [0.1, 0.15) is 64.2 Å². The molecule has 2 aliphatic rings. The Kier molecular flexibility index (Phi) is 34.4. The van der Waals surface area contributed by atoms with E-state index in [-0.39, 0.29) is 97.2 Å². The minimum Gasteiger partial charge on any atom is -1.00 e. The fourth-order valence-electron chi connectivity index (χ4n) is 7.60. The van der Waals surface area contributed by atoms with E-state index in [0.717, 1.165) is 64.2 Å². The third-order valence-corrected chi connectivity index (χ3v) is 16.5. The van der Waals surface area contributed by atoms with Crippen molar-refractivity contribution >= 4 is 66.2 Å². The fraction of sp³-hybridized carbons (Fsp3) is 0.296. The van der Waals surface area contributed by atoms with E-state index in [4.69, 9.17) is 0 Å². The Balaban J connectivity index is 0.000000339. The normalized spacial score (nSPS) is 13.5. The van der Waals surface area contributed by atoms with Gasteiger partial charge in [0.1, 0.15) is 24.1 Å². The van der Waals surface area contributed by atoms with E-state index < -0.39 is 46.5 Å². The molecule has 0 spiro atoms. The molecule has 0 N–H and O–H groups in total. The van der Waals surface area contributed by atoms with Gasteiger partial charge in [0.15, 0.2) is 29.4 Å². The number of hydrogen-bond acceptors (Lipinski definition) is 12. The second-order valence-corrected chi connectivity index (χ2v) is 21.9. The summed E-state index contributed by atoms with van der Waals surface area (Å²) in [5.41, 5.74) is 0. The van der Waals surface area contributed by atoms with E-state index in [2.05, 4.69) is 210 Å². The average molecular weight is 1140 g/mol. The summed E-state index contributed by atoms with van der Waals surface area (Å²) in [5.74, 6) is -3.15. The number of alkyl halides is 4. The molecule has 0 atom stereocenters. The first-order valence-corrected chi connectivity index (χ1v) is 27.1. The molecule has 2 saturated carbocycles. The SMILES string of the molecule is O=C(OCC1CCCCC1)C(F)(F)SOO[O-].O=C(OCC1CCCCC1)C(F)(F)SOO[O-].[B].[Cl-].[Na+].c1ccc([S+](c2ccccc2)c2ccccc2)cc1.c1ccc([S+](c2ccccc2)c2ccccc2)cc1. The number of hydrogen-bond donors (Lipinski definition) is 0. The van der Waals surface area contributed by atoms with Gasteiger partial charge in [-0.3, -0.25) is 10.1 Å². The van der Waals surface area contributed by atoms with Gasteiger partial charge in [-0.2, -0.15) is 26.2 Å². The number of esters is 2. The largest absolute Gasteiger partial charge is 1.00 e. The van der Waals surface area contributed by atoms with Gasteiger partial charge in [-0.05, 0) is 110 Å². The molecule has 3 radical (unpaired) electrons. The first kappa shape index (κ1) is 67.6. The molecule has 0 amide bonds. The van der Waals surface area contributed by atoms with Crippen LogP contribution in [0.5, 0.6) is 0 Å². The Bertz CT molecular complexity index is 2040. The van der Waals surface area contributed by atoms with Gasteiger partial charge >= 0.3 is 52.0 Å². The second kappa shape index (κ2) is 38.1. The van der Waals surface area contributed by atoms with Crippen LogP contribution >= 0.6 is 24.1 Å². The van der Waals surface area contributed by atoms with Gasteiger partial charge in [0.25, 0.3) is 0 Å². The molecule has 21 heteroatoms. The van der Waals surface area contributed by atoms with Crippen LogP contribution in [0.4, 0.5) is 17.6 Å². The smallest absolute Gasteiger partial charge is 1.00 e. The molecule has 395 valence electrons. The zero-order chi connectivity index (χ0) is 51.3. The number of carbonyl (C=O) groups is 2. The van der Waals surface area contributed by atoms with E-state index in [0.29, 0.717) is 0 Å². The predicted molar refractivity (Wildman–Crippen MR) is 273 cm³/mol. The van der Waals surface area contributed by atoms with Crippen molar-refractivity contribution in [2.24, 2.45) is 11.8 Å². The summed E-state index contributed by atoms with van der Waals surface area (Å²) in [6, 6.07) is 64.3. The van der Waals surface area contributed by atoms with Crippen molar-refractivity contribution in [2.75, 3.05) is 13.2 Å². The number of benzene rings is 6. The summed E-state index contributed by atoms with van der Waals surface area (Å²) in [6.07, 6.45) is 9.90. The molecular weight excluding hydrogens is 1080 g/mol. The Labute approximate surface area is 481 Å². The van der Waals surface area contributed by atoms with E-state index in [9.17, 15) is 37.7 Å². The van der Waals surface area contributed by atoms with Crippen molar-refractivity contribution in [1.82, 2.24) is 0 Å². The second-order valence-electron chi connectivity index (χ2n) is 16.2. The number of ether oxygens (including phenoxy) is 2. The third kappa shape index (κ3) is 24.4. The van der Waals surface area contributed by atoms with Crippen molar-refractivity contribution in [2.45, 2.75) is 104 Å². The fourth-order valence-corrected chi connectivity index (χ4v) is 12.3. The molecular formula is C54H56BClF4NaO10S4. The van der Waals surface area contributed by atoms with Crippen LogP contribution in [-0.4, -0.2) is 44.1 Å². The van der Waals surface area contributed by atoms with Crippen molar-refractivity contribution in [3.8, 4) is 0 Å². The molecule has 6 aromatic rings. The number of carbonyl (C=O) groups excluding carboxylic acids is 2. The third-order valence-electron chi connectivity index (χ3n) is 11.0. The molecule has 0 aromatic heterocycles. The maximum Gasteiger partial charge on any atom is 1.00 e. The van der Waals surface area contributed by atoms with E-state index >= 15 is 0 Å². The first-order valence-electron chi connectivity index (χ1n) is 23.2. The first-order chi connectivity index (χ1) is 35.0. The molecule has 0 unspecified atom stereocenters.